The number of ether oxygens (including phenoxy) is 1. The zero-order chi connectivity index (χ0) is 16.0. The largest absolute Gasteiger partial charge is 0.383 e. The third-order valence-corrected chi connectivity index (χ3v) is 3.85. The lowest BCUT2D eigenvalue weighted by atomic mass is 10.1. The number of carbonyl (C=O) groups excluding carboxylic acids is 1. The van der Waals surface area contributed by atoms with Gasteiger partial charge in [-0.25, -0.2) is 0 Å². The van der Waals surface area contributed by atoms with Gasteiger partial charge in [0.25, 0.3) is 0 Å². The summed E-state index contributed by atoms with van der Waals surface area (Å²) in [6, 6.07) is 5.40. The zero-order valence-corrected chi connectivity index (χ0v) is 14.3. The molecule has 2 atom stereocenters. The minimum Gasteiger partial charge on any atom is -0.383 e. The fourth-order valence-corrected chi connectivity index (χ4v) is 2.62. The van der Waals surface area contributed by atoms with Crippen molar-refractivity contribution in [2.45, 2.75) is 25.9 Å². The van der Waals surface area contributed by atoms with Gasteiger partial charge in [0.15, 0.2) is 0 Å². The van der Waals surface area contributed by atoms with Crippen molar-refractivity contribution in [1.29, 1.82) is 0 Å². The van der Waals surface area contributed by atoms with Gasteiger partial charge in [-0.1, -0.05) is 29.3 Å². The van der Waals surface area contributed by atoms with Gasteiger partial charge in [-0.3, -0.25) is 9.69 Å². The number of nitrogens with zero attached hydrogens (tertiary/aromatic N) is 1. The lowest BCUT2D eigenvalue weighted by Crippen LogP contribution is -2.42. The van der Waals surface area contributed by atoms with Crippen molar-refractivity contribution in [1.82, 2.24) is 10.2 Å². The highest BCUT2D eigenvalue weighted by molar-refractivity contribution is 6.35. The summed E-state index contributed by atoms with van der Waals surface area (Å²) >= 11 is 12.1. The highest BCUT2D eigenvalue weighted by Crippen LogP contribution is 2.28. The number of rotatable bonds is 7. The molecule has 21 heavy (non-hydrogen) atoms. The summed E-state index contributed by atoms with van der Waals surface area (Å²) < 4.78 is 4.99. The number of hydrogen-bond acceptors (Lipinski definition) is 3. The van der Waals surface area contributed by atoms with Crippen LogP contribution in [0.3, 0.4) is 0 Å². The first kappa shape index (κ1) is 18.2. The molecule has 0 aromatic heterocycles. The third-order valence-electron chi connectivity index (χ3n) is 3.29. The smallest absolute Gasteiger partial charge is 0.234 e. The number of halogens is 2. The average molecular weight is 333 g/mol. The van der Waals surface area contributed by atoms with Crippen LogP contribution in [0.5, 0.6) is 0 Å². The van der Waals surface area contributed by atoms with Gasteiger partial charge in [0.05, 0.1) is 13.2 Å². The van der Waals surface area contributed by atoms with E-state index in [1.165, 1.54) is 0 Å². The van der Waals surface area contributed by atoms with Crippen LogP contribution >= 0.6 is 23.2 Å². The molecule has 0 saturated carbocycles. The Balaban J connectivity index is 2.62. The van der Waals surface area contributed by atoms with Crippen molar-refractivity contribution in [3.05, 3.63) is 33.8 Å². The van der Waals surface area contributed by atoms with Gasteiger partial charge in [-0.05, 0) is 38.6 Å². The fourth-order valence-electron chi connectivity index (χ4n) is 2.05. The van der Waals surface area contributed by atoms with E-state index < -0.39 is 0 Å². The van der Waals surface area contributed by atoms with Gasteiger partial charge in [-0.2, -0.15) is 0 Å². The monoisotopic (exact) mass is 332 g/mol. The van der Waals surface area contributed by atoms with Crippen LogP contribution in [0.4, 0.5) is 0 Å². The van der Waals surface area contributed by atoms with E-state index in [0.29, 0.717) is 16.7 Å². The summed E-state index contributed by atoms with van der Waals surface area (Å²) in [7, 11) is 3.50. The summed E-state index contributed by atoms with van der Waals surface area (Å²) in [5.74, 6) is -0.0426. The quantitative estimate of drug-likeness (QED) is 0.833. The number of benzene rings is 1. The fraction of sp³-hybridized carbons (Fsp3) is 0.533. The topological polar surface area (TPSA) is 41.6 Å². The van der Waals surface area contributed by atoms with Crippen molar-refractivity contribution in [2.75, 3.05) is 27.3 Å². The Kier molecular flexibility index (Phi) is 7.46. The number of amides is 1. The molecule has 0 heterocycles. The van der Waals surface area contributed by atoms with E-state index in [9.17, 15) is 4.79 Å². The minimum atomic E-state index is -0.0426. The Bertz CT molecular complexity index is 483. The highest BCUT2D eigenvalue weighted by atomic mass is 35.5. The predicted molar refractivity (Wildman–Crippen MR) is 87.0 cm³/mol. The van der Waals surface area contributed by atoms with Gasteiger partial charge >= 0.3 is 0 Å². The normalized spacial score (nSPS) is 14.0. The van der Waals surface area contributed by atoms with Crippen LogP contribution in [0, 0.1) is 0 Å². The predicted octanol–water partition coefficient (Wildman–Crippen LogP) is 3.14. The van der Waals surface area contributed by atoms with Crippen molar-refractivity contribution in [3.63, 3.8) is 0 Å². The Morgan fingerprint density at radius 1 is 1.38 bits per heavy atom. The standard InChI is InChI=1S/C15H22Cl2N2O2/c1-10(9-21-4)18-15(20)8-19(3)11(2)13-6-5-12(16)7-14(13)17/h5-7,10-11H,8-9H2,1-4H3,(H,18,20)/t10-,11-/m1/s1. The van der Waals surface area contributed by atoms with E-state index >= 15 is 0 Å². The molecule has 6 heteroatoms. The maximum Gasteiger partial charge on any atom is 0.234 e. The molecule has 1 rings (SSSR count). The molecule has 0 aliphatic carbocycles. The van der Waals surface area contributed by atoms with Crippen molar-refractivity contribution in [3.8, 4) is 0 Å². The van der Waals surface area contributed by atoms with E-state index in [4.69, 9.17) is 27.9 Å². The first-order chi connectivity index (χ1) is 9.85. The lowest BCUT2D eigenvalue weighted by Gasteiger charge is -2.26. The molecule has 1 aromatic carbocycles. The maximum absolute atomic E-state index is 12.0. The molecule has 0 unspecified atom stereocenters. The number of methoxy groups -OCH3 is 1. The van der Waals surface area contributed by atoms with Crippen LogP contribution in [0.2, 0.25) is 10.0 Å². The second-order valence-corrected chi connectivity index (χ2v) is 6.02. The molecule has 0 bridgehead atoms. The Hall–Kier alpha value is -0.810. The zero-order valence-electron chi connectivity index (χ0n) is 12.8. The molecular weight excluding hydrogens is 311 g/mol. The van der Waals surface area contributed by atoms with Crippen molar-refractivity contribution in [2.24, 2.45) is 0 Å². The summed E-state index contributed by atoms with van der Waals surface area (Å²) in [4.78, 5) is 13.9. The molecule has 1 aromatic rings. The van der Waals surface area contributed by atoms with Gasteiger partial charge in [0.1, 0.15) is 0 Å². The molecule has 0 saturated heterocycles. The van der Waals surface area contributed by atoms with Crippen LogP contribution in [0.15, 0.2) is 18.2 Å². The Morgan fingerprint density at radius 3 is 2.62 bits per heavy atom. The van der Waals surface area contributed by atoms with Gasteiger partial charge in [0.2, 0.25) is 5.91 Å². The number of nitrogens with one attached hydrogen (secondary N) is 1. The molecule has 0 aliphatic heterocycles. The molecule has 4 nitrogen and oxygen atoms in total. The second-order valence-electron chi connectivity index (χ2n) is 5.18. The van der Waals surface area contributed by atoms with Gasteiger partial charge in [-0.15, -0.1) is 0 Å². The van der Waals surface area contributed by atoms with E-state index in [1.54, 1.807) is 19.2 Å². The average Bonchev–Trinajstić information content (AvgIpc) is 2.37. The number of hydrogen-bond donors (Lipinski definition) is 1. The molecule has 1 N–H and O–H groups in total. The Labute approximate surface area is 136 Å². The summed E-state index contributed by atoms with van der Waals surface area (Å²) in [6.07, 6.45) is 0. The SMILES string of the molecule is COC[C@@H](C)NC(=O)CN(C)[C@H](C)c1ccc(Cl)cc1Cl. The highest BCUT2D eigenvalue weighted by Gasteiger charge is 2.18. The van der Waals surface area contributed by atoms with Crippen LogP contribution < -0.4 is 5.32 Å². The summed E-state index contributed by atoms with van der Waals surface area (Å²) in [6.45, 7) is 4.68. The molecule has 0 aliphatic rings. The molecule has 118 valence electrons. The van der Waals surface area contributed by atoms with Crippen LogP contribution in [-0.4, -0.2) is 44.2 Å². The first-order valence-electron chi connectivity index (χ1n) is 6.78. The number of carbonyl (C=O) groups is 1. The summed E-state index contributed by atoms with van der Waals surface area (Å²) in [5.41, 5.74) is 0.946. The summed E-state index contributed by atoms with van der Waals surface area (Å²) in [5, 5.41) is 4.09. The van der Waals surface area contributed by atoms with Crippen LogP contribution in [-0.2, 0) is 9.53 Å². The number of likely N-dealkylation sites (N-methyl/N-ethyl adjacent to an activating group) is 1. The van der Waals surface area contributed by atoms with E-state index in [1.807, 2.05) is 31.9 Å². The second kappa shape index (κ2) is 8.59. The minimum absolute atomic E-state index is 0.00896. The molecule has 0 radical (unpaired) electrons. The first-order valence-corrected chi connectivity index (χ1v) is 7.54. The molecule has 0 spiro atoms. The van der Waals surface area contributed by atoms with Gasteiger partial charge < -0.3 is 10.1 Å². The van der Waals surface area contributed by atoms with Crippen molar-refractivity contribution >= 4 is 29.1 Å². The van der Waals surface area contributed by atoms with E-state index in [2.05, 4.69) is 5.32 Å². The van der Waals surface area contributed by atoms with Gasteiger partial charge in [0, 0.05) is 29.2 Å². The van der Waals surface area contributed by atoms with E-state index in [0.717, 1.165) is 5.56 Å². The third kappa shape index (κ3) is 5.83. The Morgan fingerprint density at radius 2 is 2.05 bits per heavy atom. The van der Waals surface area contributed by atoms with Crippen molar-refractivity contribution < 1.29 is 9.53 Å². The maximum atomic E-state index is 12.0. The molecule has 1 amide bonds. The van der Waals surface area contributed by atoms with E-state index in [-0.39, 0.29) is 24.5 Å². The van der Waals surface area contributed by atoms with Crippen LogP contribution in [0.25, 0.3) is 0 Å². The lowest BCUT2D eigenvalue weighted by molar-refractivity contribution is -0.123. The molecule has 0 fully saturated rings. The molecular formula is C15H22Cl2N2O2. The van der Waals surface area contributed by atoms with Crippen LogP contribution in [0.1, 0.15) is 25.5 Å².